The van der Waals surface area contributed by atoms with Gasteiger partial charge in [0.1, 0.15) is 0 Å². The predicted octanol–water partition coefficient (Wildman–Crippen LogP) is 5.98. The Balaban J connectivity index is 0.00000232. The van der Waals surface area contributed by atoms with Crippen LogP contribution < -0.4 is 0 Å². The third kappa shape index (κ3) is 6.94. The predicted molar refractivity (Wildman–Crippen MR) is 107 cm³/mol. The molecule has 1 unspecified atom stereocenters. The fourth-order valence-electron chi connectivity index (χ4n) is 2.13. The quantitative estimate of drug-likeness (QED) is 0.558. The molecule has 23 heavy (non-hydrogen) atoms. The lowest BCUT2D eigenvalue weighted by Gasteiger charge is -2.16. The van der Waals surface area contributed by atoms with Crippen molar-refractivity contribution in [1.29, 1.82) is 0 Å². The number of nitrogens with zero attached hydrogens (tertiary/aromatic N) is 2. The largest absolute Gasteiger partial charge is 0.293 e. The van der Waals surface area contributed by atoms with Crippen molar-refractivity contribution in [2.45, 2.75) is 61.4 Å². The highest BCUT2D eigenvalue weighted by Crippen LogP contribution is 2.21. The minimum atomic E-state index is 0.117. The van der Waals surface area contributed by atoms with Crippen molar-refractivity contribution in [3.05, 3.63) is 47.1 Å². The van der Waals surface area contributed by atoms with Crippen molar-refractivity contribution < 1.29 is 0 Å². The Hall–Kier alpha value is -1.70. The van der Waals surface area contributed by atoms with Crippen LogP contribution >= 0.6 is 0 Å². The molecule has 0 saturated carbocycles. The second-order valence-corrected chi connectivity index (χ2v) is 5.58. The molecular weight excluding hydrogens is 280 g/mol. The molecule has 2 heteroatoms. The first-order valence-electron chi connectivity index (χ1n) is 8.80. The van der Waals surface area contributed by atoms with Gasteiger partial charge in [0.25, 0.3) is 0 Å². The Kier molecular flexibility index (Phi) is 10.9. The molecule has 0 N–H and O–H groups in total. The Morgan fingerprint density at radius 3 is 2.26 bits per heavy atom. The van der Waals surface area contributed by atoms with Gasteiger partial charge in [-0.3, -0.25) is 9.98 Å². The maximum atomic E-state index is 4.91. The van der Waals surface area contributed by atoms with Gasteiger partial charge in [0.05, 0.1) is 11.8 Å². The van der Waals surface area contributed by atoms with Gasteiger partial charge in [-0.05, 0) is 50.8 Å². The summed E-state index contributed by atoms with van der Waals surface area (Å²) in [5.41, 5.74) is 4.86. The van der Waals surface area contributed by atoms with Crippen molar-refractivity contribution in [2.24, 2.45) is 15.9 Å². The highest BCUT2D eigenvalue weighted by atomic mass is 14.8. The summed E-state index contributed by atoms with van der Waals surface area (Å²) in [6.45, 7) is 17.7. The Labute approximate surface area is 143 Å². The van der Waals surface area contributed by atoms with Crippen LogP contribution in [0.1, 0.15) is 55.4 Å². The fraction of sp³-hybridized carbons (Fsp3) is 0.524. The molecule has 0 heterocycles. The topological polar surface area (TPSA) is 24.7 Å². The van der Waals surface area contributed by atoms with Gasteiger partial charge in [-0.2, -0.15) is 0 Å². The summed E-state index contributed by atoms with van der Waals surface area (Å²) in [4.78, 5) is 9.24. The van der Waals surface area contributed by atoms with E-state index in [-0.39, 0.29) is 6.04 Å². The van der Waals surface area contributed by atoms with Crippen molar-refractivity contribution in [3.63, 3.8) is 0 Å². The van der Waals surface area contributed by atoms with Crippen LogP contribution in [0.3, 0.4) is 0 Å². The molecule has 1 rings (SSSR count). The summed E-state index contributed by atoms with van der Waals surface area (Å²) in [7, 11) is 0. The zero-order valence-corrected chi connectivity index (χ0v) is 16.2. The van der Waals surface area contributed by atoms with Gasteiger partial charge in [0, 0.05) is 12.8 Å². The van der Waals surface area contributed by atoms with Gasteiger partial charge in [0.2, 0.25) is 0 Å². The Morgan fingerprint density at radius 2 is 1.74 bits per heavy atom. The summed E-state index contributed by atoms with van der Waals surface area (Å²) in [5.74, 6) is 0.527. The molecule has 0 saturated heterocycles. The second-order valence-electron chi connectivity index (χ2n) is 5.58. The molecule has 0 fully saturated rings. The molecule has 2 nitrogen and oxygen atoms in total. The molecule has 1 aliphatic rings. The minimum absolute atomic E-state index is 0.117. The van der Waals surface area contributed by atoms with E-state index < -0.39 is 0 Å². The normalized spacial score (nSPS) is 20.0. The van der Waals surface area contributed by atoms with Gasteiger partial charge in [-0.1, -0.05) is 57.6 Å². The summed E-state index contributed by atoms with van der Waals surface area (Å²) < 4.78 is 0. The maximum absolute atomic E-state index is 4.91. The van der Waals surface area contributed by atoms with E-state index >= 15 is 0 Å². The number of aliphatic imine (C=N–C) groups is 2. The molecule has 0 aromatic carbocycles. The SMILES string of the molecule is C/C=C(\C=NCC)C(C)N=C1C=CC=C/C1=C(/C)C(C)C.CC. The van der Waals surface area contributed by atoms with Crippen molar-refractivity contribution in [2.75, 3.05) is 6.54 Å². The molecule has 0 aromatic rings. The van der Waals surface area contributed by atoms with Crippen LogP contribution in [0, 0.1) is 5.92 Å². The van der Waals surface area contributed by atoms with E-state index in [1.54, 1.807) is 0 Å². The first kappa shape index (κ1) is 21.3. The van der Waals surface area contributed by atoms with Crippen molar-refractivity contribution >= 4 is 11.9 Å². The fourth-order valence-corrected chi connectivity index (χ4v) is 2.13. The molecule has 128 valence electrons. The Bertz CT molecular complexity index is 526. The van der Waals surface area contributed by atoms with E-state index in [9.17, 15) is 0 Å². The van der Waals surface area contributed by atoms with Crippen LogP contribution in [0.15, 0.2) is 57.1 Å². The van der Waals surface area contributed by atoms with E-state index in [1.165, 1.54) is 11.1 Å². The van der Waals surface area contributed by atoms with E-state index in [0.29, 0.717) is 5.92 Å². The molecule has 0 bridgehead atoms. The lowest BCUT2D eigenvalue weighted by atomic mass is 9.93. The van der Waals surface area contributed by atoms with Gasteiger partial charge >= 0.3 is 0 Å². The molecule has 1 atom stereocenters. The number of hydrogen-bond acceptors (Lipinski definition) is 2. The van der Waals surface area contributed by atoms with E-state index in [4.69, 9.17) is 4.99 Å². The number of allylic oxidation sites excluding steroid dienone is 7. The molecule has 0 amide bonds. The van der Waals surface area contributed by atoms with Crippen molar-refractivity contribution in [3.8, 4) is 0 Å². The zero-order valence-electron chi connectivity index (χ0n) is 16.2. The van der Waals surface area contributed by atoms with Crippen LogP contribution in [0.4, 0.5) is 0 Å². The monoisotopic (exact) mass is 314 g/mol. The minimum Gasteiger partial charge on any atom is -0.293 e. The first-order chi connectivity index (χ1) is 11.0. The van der Waals surface area contributed by atoms with Crippen LogP contribution in [0.2, 0.25) is 0 Å². The average Bonchev–Trinajstić information content (AvgIpc) is 2.57. The third-order valence-corrected chi connectivity index (χ3v) is 3.77. The van der Waals surface area contributed by atoms with Crippen LogP contribution in [0.25, 0.3) is 0 Å². The van der Waals surface area contributed by atoms with Crippen LogP contribution in [-0.4, -0.2) is 24.5 Å². The summed E-state index contributed by atoms with van der Waals surface area (Å²) >= 11 is 0. The van der Waals surface area contributed by atoms with Crippen molar-refractivity contribution in [1.82, 2.24) is 0 Å². The average molecular weight is 315 g/mol. The molecule has 0 aliphatic heterocycles. The lowest BCUT2D eigenvalue weighted by Crippen LogP contribution is -2.12. The highest BCUT2D eigenvalue weighted by Gasteiger charge is 2.12. The third-order valence-electron chi connectivity index (χ3n) is 3.77. The smallest absolute Gasteiger partial charge is 0.0739 e. The molecular formula is C21H34N2. The van der Waals surface area contributed by atoms with E-state index in [2.05, 4.69) is 63.1 Å². The number of hydrogen-bond donors (Lipinski definition) is 0. The maximum Gasteiger partial charge on any atom is 0.0739 e. The Morgan fingerprint density at radius 1 is 1.13 bits per heavy atom. The summed E-state index contributed by atoms with van der Waals surface area (Å²) in [6, 6.07) is 0.117. The van der Waals surface area contributed by atoms with Crippen LogP contribution in [0.5, 0.6) is 0 Å². The molecule has 0 aromatic heterocycles. The van der Waals surface area contributed by atoms with E-state index in [1.807, 2.05) is 33.9 Å². The molecule has 1 aliphatic carbocycles. The van der Waals surface area contributed by atoms with Gasteiger partial charge in [-0.15, -0.1) is 0 Å². The second kappa shape index (κ2) is 11.8. The van der Waals surface area contributed by atoms with Gasteiger partial charge in [0.15, 0.2) is 0 Å². The van der Waals surface area contributed by atoms with Gasteiger partial charge < -0.3 is 0 Å². The first-order valence-corrected chi connectivity index (χ1v) is 8.80. The molecule has 0 spiro atoms. The molecule has 0 radical (unpaired) electrons. The highest BCUT2D eigenvalue weighted by molar-refractivity contribution is 6.12. The summed E-state index contributed by atoms with van der Waals surface area (Å²) in [6.07, 6.45) is 12.4. The van der Waals surface area contributed by atoms with Gasteiger partial charge in [-0.25, -0.2) is 0 Å². The lowest BCUT2D eigenvalue weighted by molar-refractivity contribution is 0.765. The van der Waals surface area contributed by atoms with Crippen LogP contribution in [-0.2, 0) is 0 Å². The number of rotatable bonds is 5. The van der Waals surface area contributed by atoms with E-state index in [0.717, 1.165) is 17.8 Å². The summed E-state index contributed by atoms with van der Waals surface area (Å²) in [5, 5.41) is 0. The standard InChI is InChI=1S/C19H28N2.C2H6/c1-7-17(13-20-8-2)16(6)21-19-12-10-9-11-18(19)15(5)14(3)4;1-2/h7,9-14,16H,8H2,1-6H3;1-2H3/b17-7+,18-15+,20-13?,21-19?;. The zero-order chi connectivity index (χ0) is 17.8.